The molecule has 0 amide bonds. The van der Waals surface area contributed by atoms with E-state index in [0.717, 1.165) is 34.9 Å². The first kappa shape index (κ1) is 13.0. The van der Waals surface area contributed by atoms with Gasteiger partial charge in [0.05, 0.1) is 18.8 Å². The van der Waals surface area contributed by atoms with Gasteiger partial charge in [-0.25, -0.2) is 0 Å². The maximum Gasteiger partial charge on any atom is 0.169 e. The van der Waals surface area contributed by atoms with E-state index >= 15 is 0 Å². The summed E-state index contributed by atoms with van der Waals surface area (Å²) in [7, 11) is 0. The molecule has 0 saturated heterocycles. The van der Waals surface area contributed by atoms with E-state index in [1.807, 2.05) is 36.4 Å². The standard InChI is InChI=1S/C14H16BrNO2/c1-2-9-17-13-6-4-3-5-12(13)16-10-11-7-8-14(15)18-11/h3-8,16H,2,9-10H2,1H3. The molecular weight excluding hydrogens is 294 g/mol. The minimum absolute atomic E-state index is 0.637. The SMILES string of the molecule is CCCOc1ccccc1NCc1ccc(Br)o1. The zero-order valence-corrected chi connectivity index (χ0v) is 11.9. The maximum atomic E-state index is 5.68. The number of benzene rings is 1. The quantitative estimate of drug-likeness (QED) is 0.856. The van der Waals surface area contributed by atoms with Gasteiger partial charge in [0.1, 0.15) is 11.5 Å². The first-order valence-electron chi connectivity index (χ1n) is 5.99. The van der Waals surface area contributed by atoms with E-state index in [9.17, 15) is 0 Å². The first-order chi connectivity index (χ1) is 8.79. The van der Waals surface area contributed by atoms with Crippen LogP contribution < -0.4 is 10.1 Å². The van der Waals surface area contributed by atoms with Crippen molar-refractivity contribution in [1.29, 1.82) is 0 Å². The number of halogens is 1. The molecule has 1 N–H and O–H groups in total. The van der Waals surface area contributed by atoms with Crippen molar-refractivity contribution in [3.63, 3.8) is 0 Å². The summed E-state index contributed by atoms with van der Waals surface area (Å²) in [6, 6.07) is 11.8. The molecule has 3 nitrogen and oxygen atoms in total. The number of nitrogens with one attached hydrogen (secondary N) is 1. The Hall–Kier alpha value is -1.42. The molecule has 1 aromatic carbocycles. The summed E-state index contributed by atoms with van der Waals surface area (Å²) < 4.78 is 11.9. The number of furan rings is 1. The summed E-state index contributed by atoms with van der Waals surface area (Å²) in [6.45, 7) is 3.46. The van der Waals surface area contributed by atoms with Gasteiger partial charge in [-0.1, -0.05) is 19.1 Å². The smallest absolute Gasteiger partial charge is 0.169 e. The third-order valence-electron chi connectivity index (χ3n) is 2.43. The van der Waals surface area contributed by atoms with Crippen LogP contribution in [0.15, 0.2) is 45.5 Å². The van der Waals surface area contributed by atoms with Crippen molar-refractivity contribution in [3.8, 4) is 5.75 Å². The molecule has 0 aliphatic carbocycles. The zero-order chi connectivity index (χ0) is 12.8. The average Bonchev–Trinajstić information content (AvgIpc) is 2.81. The molecule has 0 aliphatic heterocycles. The second-order valence-corrected chi connectivity index (χ2v) is 4.69. The van der Waals surface area contributed by atoms with Gasteiger partial charge < -0.3 is 14.5 Å². The first-order valence-corrected chi connectivity index (χ1v) is 6.79. The molecule has 1 aromatic heterocycles. The van der Waals surface area contributed by atoms with Gasteiger partial charge in [-0.3, -0.25) is 0 Å². The van der Waals surface area contributed by atoms with Crippen LogP contribution in [0, 0.1) is 0 Å². The monoisotopic (exact) mass is 309 g/mol. The highest BCUT2D eigenvalue weighted by Gasteiger charge is 2.04. The van der Waals surface area contributed by atoms with Crippen LogP contribution >= 0.6 is 15.9 Å². The Balaban J connectivity index is 1.99. The minimum Gasteiger partial charge on any atom is -0.491 e. The lowest BCUT2D eigenvalue weighted by Gasteiger charge is -2.11. The highest BCUT2D eigenvalue weighted by molar-refractivity contribution is 9.10. The van der Waals surface area contributed by atoms with E-state index < -0.39 is 0 Å². The largest absolute Gasteiger partial charge is 0.491 e. The van der Waals surface area contributed by atoms with Crippen LogP contribution in [0.1, 0.15) is 19.1 Å². The number of ether oxygens (including phenoxy) is 1. The summed E-state index contributed by atoms with van der Waals surface area (Å²) in [4.78, 5) is 0. The fourth-order valence-electron chi connectivity index (χ4n) is 1.58. The fraction of sp³-hybridized carbons (Fsp3) is 0.286. The lowest BCUT2D eigenvalue weighted by Crippen LogP contribution is -2.02. The van der Waals surface area contributed by atoms with Crippen molar-refractivity contribution < 1.29 is 9.15 Å². The second-order valence-electron chi connectivity index (χ2n) is 3.90. The van der Waals surface area contributed by atoms with Gasteiger partial charge in [0, 0.05) is 0 Å². The third-order valence-corrected chi connectivity index (χ3v) is 2.86. The normalized spacial score (nSPS) is 10.3. The molecule has 0 fully saturated rings. The van der Waals surface area contributed by atoms with Crippen molar-refractivity contribution in [3.05, 3.63) is 46.8 Å². The lowest BCUT2D eigenvalue weighted by atomic mass is 10.3. The van der Waals surface area contributed by atoms with Crippen molar-refractivity contribution in [1.82, 2.24) is 0 Å². The predicted octanol–water partition coefficient (Wildman–Crippen LogP) is 4.44. The van der Waals surface area contributed by atoms with Crippen LogP contribution in [-0.4, -0.2) is 6.61 Å². The lowest BCUT2D eigenvalue weighted by molar-refractivity contribution is 0.318. The highest BCUT2D eigenvalue weighted by atomic mass is 79.9. The molecule has 0 spiro atoms. The van der Waals surface area contributed by atoms with Crippen LogP contribution in [0.4, 0.5) is 5.69 Å². The number of rotatable bonds is 6. The molecular formula is C14H16BrNO2. The minimum atomic E-state index is 0.637. The van der Waals surface area contributed by atoms with E-state index in [0.29, 0.717) is 6.54 Å². The Bertz CT molecular complexity index is 496. The number of anilines is 1. The molecule has 96 valence electrons. The van der Waals surface area contributed by atoms with E-state index in [-0.39, 0.29) is 0 Å². The van der Waals surface area contributed by atoms with Gasteiger partial charge in [0.15, 0.2) is 4.67 Å². The molecule has 0 unspecified atom stereocenters. The molecule has 0 bridgehead atoms. The van der Waals surface area contributed by atoms with Gasteiger partial charge >= 0.3 is 0 Å². The Morgan fingerprint density at radius 1 is 1.22 bits per heavy atom. The highest BCUT2D eigenvalue weighted by Crippen LogP contribution is 2.25. The van der Waals surface area contributed by atoms with Gasteiger partial charge in [0.2, 0.25) is 0 Å². The van der Waals surface area contributed by atoms with Crippen LogP contribution in [-0.2, 0) is 6.54 Å². The molecule has 0 aliphatic rings. The van der Waals surface area contributed by atoms with Gasteiger partial charge in [0.25, 0.3) is 0 Å². The molecule has 0 atom stereocenters. The van der Waals surface area contributed by atoms with Gasteiger partial charge in [-0.15, -0.1) is 0 Å². The maximum absolute atomic E-state index is 5.68. The average molecular weight is 310 g/mol. The molecule has 4 heteroatoms. The molecule has 0 radical (unpaired) electrons. The van der Waals surface area contributed by atoms with E-state index in [1.165, 1.54) is 0 Å². The summed E-state index contributed by atoms with van der Waals surface area (Å²) >= 11 is 3.29. The number of para-hydroxylation sites is 2. The van der Waals surface area contributed by atoms with E-state index in [4.69, 9.17) is 9.15 Å². The van der Waals surface area contributed by atoms with Gasteiger partial charge in [-0.2, -0.15) is 0 Å². The van der Waals surface area contributed by atoms with Crippen LogP contribution in [0.2, 0.25) is 0 Å². The Kier molecular flexibility index (Phi) is 4.70. The predicted molar refractivity (Wildman–Crippen MR) is 76.0 cm³/mol. The topological polar surface area (TPSA) is 34.4 Å². The molecule has 2 rings (SSSR count). The van der Waals surface area contributed by atoms with Crippen molar-refractivity contribution in [2.45, 2.75) is 19.9 Å². The third kappa shape index (κ3) is 3.53. The molecule has 2 aromatic rings. The van der Waals surface area contributed by atoms with Gasteiger partial charge in [-0.05, 0) is 46.6 Å². The second kappa shape index (κ2) is 6.50. The summed E-state index contributed by atoms with van der Waals surface area (Å²) in [5.41, 5.74) is 0.985. The molecule has 1 heterocycles. The zero-order valence-electron chi connectivity index (χ0n) is 10.3. The Morgan fingerprint density at radius 3 is 2.78 bits per heavy atom. The van der Waals surface area contributed by atoms with E-state index in [2.05, 4.69) is 28.2 Å². The summed E-state index contributed by atoms with van der Waals surface area (Å²) in [5.74, 6) is 1.76. The molecule has 0 saturated carbocycles. The number of hydrogen-bond donors (Lipinski definition) is 1. The van der Waals surface area contributed by atoms with Crippen LogP contribution in [0.25, 0.3) is 0 Å². The Labute approximate surface area is 115 Å². The van der Waals surface area contributed by atoms with E-state index in [1.54, 1.807) is 0 Å². The number of hydrogen-bond acceptors (Lipinski definition) is 3. The molecule has 18 heavy (non-hydrogen) atoms. The Morgan fingerprint density at radius 2 is 2.06 bits per heavy atom. The summed E-state index contributed by atoms with van der Waals surface area (Å²) in [5, 5.41) is 3.31. The van der Waals surface area contributed by atoms with Crippen LogP contribution in [0.3, 0.4) is 0 Å². The summed E-state index contributed by atoms with van der Waals surface area (Å²) in [6.07, 6.45) is 0.999. The fourth-order valence-corrected chi connectivity index (χ4v) is 1.92. The van der Waals surface area contributed by atoms with Crippen molar-refractivity contribution >= 4 is 21.6 Å². The van der Waals surface area contributed by atoms with Crippen molar-refractivity contribution in [2.75, 3.05) is 11.9 Å². The van der Waals surface area contributed by atoms with Crippen molar-refractivity contribution in [2.24, 2.45) is 0 Å². The van der Waals surface area contributed by atoms with Crippen LogP contribution in [0.5, 0.6) is 5.75 Å².